The summed E-state index contributed by atoms with van der Waals surface area (Å²) in [5.74, 6) is -0.731. The molecule has 0 saturated carbocycles. The van der Waals surface area contributed by atoms with Gasteiger partial charge in [-0.15, -0.1) is 0 Å². The number of unbranched alkanes of at least 4 members (excludes halogenated alkanes) is 3. The van der Waals surface area contributed by atoms with Gasteiger partial charge in [0.2, 0.25) is 0 Å². The predicted octanol–water partition coefficient (Wildman–Crippen LogP) is 3.24. The predicted molar refractivity (Wildman–Crippen MR) is 120 cm³/mol. The molecule has 0 fully saturated rings. The Morgan fingerprint density at radius 2 is 1.42 bits per heavy atom. The number of nitrogens with one attached hydrogen (secondary N) is 1. The van der Waals surface area contributed by atoms with Crippen molar-refractivity contribution in [2.24, 2.45) is 0 Å². The molecule has 0 bridgehead atoms. The van der Waals surface area contributed by atoms with Gasteiger partial charge in [-0.25, -0.2) is 13.2 Å². The molecule has 0 saturated heterocycles. The Morgan fingerprint density at radius 1 is 0.935 bits per heavy atom. The topological polar surface area (TPSA) is 108 Å². The van der Waals surface area contributed by atoms with Gasteiger partial charge in [0.1, 0.15) is 10.1 Å². The van der Waals surface area contributed by atoms with Gasteiger partial charge in [0.25, 0.3) is 0 Å². The molecule has 0 unspecified atom stereocenters. The molecule has 0 aliphatic carbocycles. The maximum atomic E-state index is 10.7. The fraction of sp³-hybridized carbons (Fsp3) is 0.435. The summed E-state index contributed by atoms with van der Waals surface area (Å²) in [6, 6.07) is 12.5. The van der Waals surface area contributed by atoms with E-state index in [2.05, 4.69) is 25.9 Å². The first kappa shape index (κ1) is 28.7. The third-order valence-corrected chi connectivity index (χ3v) is 5.06. The Bertz CT molecular complexity index is 847. The van der Waals surface area contributed by atoms with Crippen molar-refractivity contribution in [2.45, 2.75) is 51.3 Å². The van der Waals surface area contributed by atoms with Crippen molar-refractivity contribution >= 4 is 16.1 Å². The molecule has 0 spiro atoms. The summed E-state index contributed by atoms with van der Waals surface area (Å²) in [6.45, 7) is 7.32. The van der Waals surface area contributed by atoms with Crippen LogP contribution in [0.1, 0.15) is 54.1 Å². The second-order valence-electron chi connectivity index (χ2n) is 7.53. The summed E-state index contributed by atoms with van der Waals surface area (Å²) in [6.07, 6.45) is 5.58. The number of rotatable bonds is 7. The van der Waals surface area contributed by atoms with Gasteiger partial charge in [-0.05, 0) is 51.0 Å². The SMILES string of the molecule is CCCCCC[NH+](C)C.Cc1ccc(C(=O)OO)cc1.Cc1ccc(S(=O)(=O)[O-])cc1. The maximum absolute atomic E-state index is 10.7. The molecule has 0 atom stereocenters. The first-order chi connectivity index (χ1) is 14.5. The fourth-order valence-corrected chi connectivity index (χ4v) is 2.82. The highest BCUT2D eigenvalue weighted by atomic mass is 32.2. The molecule has 0 heterocycles. The number of quaternary nitrogens is 1. The van der Waals surface area contributed by atoms with Gasteiger partial charge in [-0.1, -0.05) is 55.2 Å². The molecule has 0 aliphatic rings. The average molecular weight is 454 g/mol. The first-order valence-electron chi connectivity index (χ1n) is 10.2. The zero-order valence-corrected chi connectivity index (χ0v) is 19.9. The van der Waals surface area contributed by atoms with Crippen LogP contribution in [0.5, 0.6) is 0 Å². The van der Waals surface area contributed by atoms with Crippen LogP contribution in [0.2, 0.25) is 0 Å². The summed E-state index contributed by atoms with van der Waals surface area (Å²) >= 11 is 0. The Kier molecular flexibility index (Phi) is 14.4. The molecule has 2 aromatic rings. The zero-order valence-electron chi connectivity index (χ0n) is 19.1. The van der Waals surface area contributed by atoms with Crippen molar-refractivity contribution in [2.75, 3.05) is 20.6 Å². The number of hydrogen-bond donors (Lipinski definition) is 2. The number of carbonyl (C=O) groups is 1. The van der Waals surface area contributed by atoms with Crippen LogP contribution >= 0.6 is 0 Å². The van der Waals surface area contributed by atoms with Gasteiger partial charge in [-0.3, -0.25) is 4.89 Å². The minimum absolute atomic E-state index is 0.178. The minimum atomic E-state index is -4.27. The lowest BCUT2D eigenvalue weighted by atomic mass is 10.2. The molecule has 0 aliphatic heterocycles. The van der Waals surface area contributed by atoms with E-state index < -0.39 is 16.1 Å². The molecule has 8 heteroatoms. The van der Waals surface area contributed by atoms with Crippen molar-refractivity contribution in [3.05, 3.63) is 65.2 Å². The molecule has 2 rings (SSSR count). The second-order valence-corrected chi connectivity index (χ2v) is 8.91. The van der Waals surface area contributed by atoms with Crippen molar-refractivity contribution in [3.8, 4) is 0 Å². The lowest BCUT2D eigenvalue weighted by Gasteiger charge is -2.05. The van der Waals surface area contributed by atoms with Crippen LogP contribution in [0, 0.1) is 13.8 Å². The summed E-state index contributed by atoms with van der Waals surface area (Å²) in [5.41, 5.74) is 2.33. The average Bonchev–Trinajstić information content (AvgIpc) is 2.72. The van der Waals surface area contributed by atoms with Crippen LogP contribution in [0.15, 0.2) is 53.4 Å². The smallest absolute Gasteiger partial charge is 0.372 e. The standard InChI is InChI=1S/C8H19N.C8H8O3.C7H8O3S/c1-4-5-6-7-8-9(2)3;1-6-2-4-7(5-3-6)8(9)11-10;1-6-2-4-7(5-3-6)11(8,9)10/h4-8H2,1-3H3;2-5,10H,1H3;2-5H,1H3,(H,8,9,10). The zero-order chi connectivity index (χ0) is 23.9. The highest BCUT2D eigenvalue weighted by molar-refractivity contribution is 7.85. The third-order valence-electron chi connectivity index (χ3n) is 4.21. The van der Waals surface area contributed by atoms with E-state index in [0.717, 1.165) is 11.1 Å². The Hall–Kier alpha value is -2.26. The lowest BCUT2D eigenvalue weighted by molar-refractivity contribution is -0.858. The number of aryl methyl sites for hydroxylation is 2. The summed E-state index contributed by atoms with van der Waals surface area (Å²) in [5, 5.41) is 8.01. The van der Waals surface area contributed by atoms with E-state index in [4.69, 9.17) is 5.26 Å². The van der Waals surface area contributed by atoms with Crippen molar-refractivity contribution in [3.63, 3.8) is 0 Å². The molecule has 0 aromatic heterocycles. The molecule has 31 heavy (non-hydrogen) atoms. The minimum Gasteiger partial charge on any atom is -0.744 e. The van der Waals surface area contributed by atoms with Crippen LogP contribution < -0.4 is 4.90 Å². The molecule has 2 aromatic carbocycles. The second kappa shape index (κ2) is 15.5. The van der Waals surface area contributed by atoms with E-state index in [-0.39, 0.29) is 4.90 Å². The van der Waals surface area contributed by atoms with E-state index in [9.17, 15) is 17.8 Å². The van der Waals surface area contributed by atoms with Gasteiger partial charge in [-0.2, -0.15) is 5.26 Å². The fourth-order valence-electron chi connectivity index (χ4n) is 2.35. The largest absolute Gasteiger partial charge is 0.744 e. The molecular formula is C23H35NO6S. The monoisotopic (exact) mass is 453 g/mol. The van der Waals surface area contributed by atoms with Gasteiger partial charge in [0, 0.05) is 0 Å². The van der Waals surface area contributed by atoms with Crippen LogP contribution in [0.25, 0.3) is 0 Å². The Balaban J connectivity index is 0.000000439. The van der Waals surface area contributed by atoms with Gasteiger partial charge in [0.05, 0.1) is 31.1 Å². The van der Waals surface area contributed by atoms with E-state index in [1.807, 2.05) is 13.8 Å². The van der Waals surface area contributed by atoms with Crippen LogP contribution in [-0.2, 0) is 15.0 Å². The Labute approximate surface area is 186 Å². The quantitative estimate of drug-likeness (QED) is 0.288. The van der Waals surface area contributed by atoms with Crippen molar-refractivity contribution in [1.82, 2.24) is 0 Å². The summed E-state index contributed by atoms with van der Waals surface area (Å²) in [4.78, 5) is 15.6. The number of hydrogen-bond acceptors (Lipinski definition) is 6. The van der Waals surface area contributed by atoms with E-state index in [1.54, 1.807) is 41.3 Å². The maximum Gasteiger partial charge on any atom is 0.372 e. The number of carbonyl (C=O) groups excluding carboxylic acids is 1. The van der Waals surface area contributed by atoms with E-state index in [0.29, 0.717) is 5.56 Å². The summed E-state index contributed by atoms with van der Waals surface area (Å²) in [7, 11) is 0.159. The highest BCUT2D eigenvalue weighted by Gasteiger charge is 2.04. The van der Waals surface area contributed by atoms with Gasteiger partial charge >= 0.3 is 5.97 Å². The molecule has 7 nitrogen and oxygen atoms in total. The molecule has 0 radical (unpaired) electrons. The van der Waals surface area contributed by atoms with Gasteiger partial charge < -0.3 is 9.45 Å². The van der Waals surface area contributed by atoms with Gasteiger partial charge in [0.15, 0.2) is 0 Å². The van der Waals surface area contributed by atoms with Crippen LogP contribution in [0.4, 0.5) is 0 Å². The molecule has 174 valence electrons. The van der Waals surface area contributed by atoms with E-state index in [1.165, 1.54) is 44.4 Å². The molecular weight excluding hydrogens is 418 g/mol. The molecule has 0 amide bonds. The number of benzene rings is 2. The van der Waals surface area contributed by atoms with Crippen molar-refractivity contribution in [1.29, 1.82) is 0 Å². The van der Waals surface area contributed by atoms with E-state index >= 15 is 0 Å². The van der Waals surface area contributed by atoms with Crippen molar-refractivity contribution < 1.29 is 32.8 Å². The summed E-state index contributed by atoms with van der Waals surface area (Å²) < 4.78 is 31.2. The third kappa shape index (κ3) is 14.4. The lowest BCUT2D eigenvalue weighted by Crippen LogP contribution is -3.05. The van der Waals surface area contributed by atoms with Crippen LogP contribution in [0.3, 0.4) is 0 Å². The molecule has 2 N–H and O–H groups in total. The first-order valence-corrected chi connectivity index (χ1v) is 11.7. The Morgan fingerprint density at radius 3 is 1.81 bits per heavy atom. The van der Waals surface area contributed by atoms with Crippen LogP contribution in [-0.4, -0.2) is 44.8 Å². The highest BCUT2D eigenvalue weighted by Crippen LogP contribution is 2.08. The normalized spacial score (nSPS) is 10.5.